The van der Waals surface area contributed by atoms with Crippen molar-refractivity contribution in [3.05, 3.63) is 28.2 Å². The second-order valence-electron chi connectivity index (χ2n) is 4.91. The Morgan fingerprint density at radius 2 is 2.28 bits per heavy atom. The van der Waals surface area contributed by atoms with Crippen LogP contribution in [0.5, 0.6) is 0 Å². The van der Waals surface area contributed by atoms with Gasteiger partial charge in [0.05, 0.1) is 5.56 Å². The fourth-order valence-corrected chi connectivity index (χ4v) is 3.20. The third-order valence-corrected chi connectivity index (χ3v) is 4.31. The van der Waals surface area contributed by atoms with Crippen LogP contribution in [0.4, 0.5) is 5.69 Å². The van der Waals surface area contributed by atoms with Crippen molar-refractivity contribution >= 4 is 21.6 Å². The first-order valence-corrected chi connectivity index (χ1v) is 7.52. The van der Waals surface area contributed by atoms with E-state index in [4.69, 9.17) is 5.26 Å². The largest absolute Gasteiger partial charge is 0.369 e. The molecule has 0 amide bonds. The van der Waals surface area contributed by atoms with Crippen LogP contribution in [0.15, 0.2) is 22.7 Å². The summed E-state index contributed by atoms with van der Waals surface area (Å²) in [7, 11) is 0. The normalized spacial score (nSPS) is 19.6. The number of nitrogens with zero attached hydrogens (tertiary/aromatic N) is 2. The highest BCUT2D eigenvalue weighted by atomic mass is 79.9. The van der Waals surface area contributed by atoms with E-state index in [-0.39, 0.29) is 0 Å². The third kappa shape index (κ3) is 2.87. The van der Waals surface area contributed by atoms with E-state index < -0.39 is 0 Å². The Morgan fingerprint density at radius 1 is 1.44 bits per heavy atom. The van der Waals surface area contributed by atoms with Gasteiger partial charge in [-0.05, 0) is 59.8 Å². The lowest BCUT2D eigenvalue weighted by Gasteiger charge is -2.37. The molecule has 3 heteroatoms. The standard InChI is InChI=1S/C15H19BrN2/c1-2-5-13-6-3-4-9-18(13)14-8-7-12(11-17)15(16)10-14/h7-8,10,13H,2-6,9H2,1H3. The van der Waals surface area contributed by atoms with Gasteiger partial charge < -0.3 is 4.90 Å². The van der Waals surface area contributed by atoms with Gasteiger partial charge in [0.1, 0.15) is 6.07 Å². The van der Waals surface area contributed by atoms with Crippen molar-refractivity contribution < 1.29 is 0 Å². The number of hydrogen-bond acceptors (Lipinski definition) is 2. The van der Waals surface area contributed by atoms with E-state index in [9.17, 15) is 0 Å². The number of rotatable bonds is 3. The summed E-state index contributed by atoms with van der Waals surface area (Å²) < 4.78 is 0.906. The van der Waals surface area contributed by atoms with Crippen LogP contribution in [0.1, 0.15) is 44.6 Å². The van der Waals surface area contributed by atoms with Crippen molar-refractivity contribution in [2.75, 3.05) is 11.4 Å². The van der Waals surface area contributed by atoms with Gasteiger partial charge in [-0.1, -0.05) is 13.3 Å². The summed E-state index contributed by atoms with van der Waals surface area (Å²) in [6.07, 6.45) is 6.41. The lowest BCUT2D eigenvalue weighted by Crippen LogP contribution is -2.39. The number of hydrogen-bond donors (Lipinski definition) is 0. The van der Waals surface area contributed by atoms with Gasteiger partial charge in [-0.15, -0.1) is 0 Å². The van der Waals surface area contributed by atoms with E-state index >= 15 is 0 Å². The molecule has 0 radical (unpaired) electrons. The van der Waals surface area contributed by atoms with Gasteiger partial charge in [0.15, 0.2) is 0 Å². The summed E-state index contributed by atoms with van der Waals surface area (Å²) in [5.41, 5.74) is 1.96. The molecule has 1 unspecified atom stereocenters. The molecule has 1 aliphatic rings. The quantitative estimate of drug-likeness (QED) is 0.823. The first kappa shape index (κ1) is 13.4. The molecule has 1 heterocycles. The summed E-state index contributed by atoms with van der Waals surface area (Å²) >= 11 is 3.48. The highest BCUT2D eigenvalue weighted by Crippen LogP contribution is 2.30. The smallest absolute Gasteiger partial charge is 0.100 e. The van der Waals surface area contributed by atoms with Gasteiger partial charge in [0.25, 0.3) is 0 Å². The summed E-state index contributed by atoms with van der Waals surface area (Å²) in [5, 5.41) is 8.96. The Balaban J connectivity index is 2.23. The molecule has 0 aromatic heterocycles. The van der Waals surface area contributed by atoms with Gasteiger partial charge in [-0.2, -0.15) is 5.26 Å². The highest BCUT2D eigenvalue weighted by molar-refractivity contribution is 9.10. The molecule has 0 bridgehead atoms. The SMILES string of the molecule is CCCC1CCCCN1c1ccc(C#N)c(Br)c1. The van der Waals surface area contributed by atoms with E-state index in [1.54, 1.807) is 0 Å². The zero-order valence-corrected chi connectivity index (χ0v) is 12.4. The molecule has 18 heavy (non-hydrogen) atoms. The van der Waals surface area contributed by atoms with Crippen LogP contribution in [0.2, 0.25) is 0 Å². The maximum atomic E-state index is 8.96. The van der Waals surface area contributed by atoms with E-state index in [0.29, 0.717) is 11.6 Å². The van der Waals surface area contributed by atoms with Crippen molar-refractivity contribution in [1.29, 1.82) is 5.26 Å². The second kappa shape index (κ2) is 6.24. The number of piperidine rings is 1. The zero-order chi connectivity index (χ0) is 13.0. The fourth-order valence-electron chi connectivity index (χ4n) is 2.75. The average Bonchev–Trinajstić information content (AvgIpc) is 2.40. The molecule has 2 rings (SSSR count). The van der Waals surface area contributed by atoms with Crippen LogP contribution in [-0.2, 0) is 0 Å². The van der Waals surface area contributed by atoms with Crippen LogP contribution in [-0.4, -0.2) is 12.6 Å². The molecule has 0 saturated carbocycles. The number of anilines is 1. The molecule has 0 spiro atoms. The lowest BCUT2D eigenvalue weighted by molar-refractivity contribution is 0.435. The first-order valence-electron chi connectivity index (χ1n) is 6.72. The van der Waals surface area contributed by atoms with Crippen molar-refractivity contribution in [3.8, 4) is 6.07 Å². The van der Waals surface area contributed by atoms with Gasteiger partial charge >= 0.3 is 0 Å². The van der Waals surface area contributed by atoms with E-state index in [1.165, 1.54) is 37.8 Å². The molecule has 1 saturated heterocycles. The van der Waals surface area contributed by atoms with E-state index in [2.05, 4.69) is 46.0 Å². The molecule has 0 aliphatic carbocycles. The van der Waals surface area contributed by atoms with E-state index in [1.807, 2.05) is 6.07 Å². The minimum absolute atomic E-state index is 0.670. The predicted octanol–water partition coefficient (Wildman–Crippen LogP) is 4.48. The Bertz CT molecular complexity index is 448. The Kier molecular flexibility index (Phi) is 4.66. The van der Waals surface area contributed by atoms with Gasteiger partial charge in [0.2, 0.25) is 0 Å². The third-order valence-electron chi connectivity index (χ3n) is 3.65. The molecular formula is C15H19BrN2. The number of benzene rings is 1. The maximum absolute atomic E-state index is 8.96. The van der Waals surface area contributed by atoms with Crippen LogP contribution in [0, 0.1) is 11.3 Å². The minimum Gasteiger partial charge on any atom is -0.369 e. The minimum atomic E-state index is 0.670. The van der Waals surface area contributed by atoms with Crippen molar-refractivity contribution in [2.24, 2.45) is 0 Å². The van der Waals surface area contributed by atoms with Gasteiger partial charge in [-0.3, -0.25) is 0 Å². The van der Waals surface area contributed by atoms with Gasteiger partial charge in [0, 0.05) is 22.7 Å². The Labute approximate surface area is 118 Å². The summed E-state index contributed by atoms with van der Waals surface area (Å²) in [6.45, 7) is 3.39. The summed E-state index contributed by atoms with van der Waals surface area (Å²) in [4.78, 5) is 2.51. The molecule has 1 aromatic rings. The molecule has 1 fully saturated rings. The number of halogens is 1. The first-order chi connectivity index (χ1) is 8.76. The highest BCUT2D eigenvalue weighted by Gasteiger charge is 2.22. The molecule has 0 N–H and O–H groups in total. The van der Waals surface area contributed by atoms with Crippen LogP contribution in [0.3, 0.4) is 0 Å². The predicted molar refractivity (Wildman–Crippen MR) is 78.8 cm³/mol. The topological polar surface area (TPSA) is 27.0 Å². The molecule has 2 nitrogen and oxygen atoms in total. The van der Waals surface area contributed by atoms with Crippen LogP contribution >= 0.6 is 15.9 Å². The fraction of sp³-hybridized carbons (Fsp3) is 0.533. The second-order valence-corrected chi connectivity index (χ2v) is 5.76. The molecule has 1 aromatic carbocycles. The summed E-state index contributed by atoms with van der Waals surface area (Å²) in [6, 6.07) is 8.95. The van der Waals surface area contributed by atoms with Crippen LogP contribution < -0.4 is 4.90 Å². The number of nitriles is 1. The average molecular weight is 307 g/mol. The van der Waals surface area contributed by atoms with Crippen LogP contribution in [0.25, 0.3) is 0 Å². The van der Waals surface area contributed by atoms with Crippen molar-refractivity contribution in [3.63, 3.8) is 0 Å². The zero-order valence-electron chi connectivity index (χ0n) is 10.8. The lowest BCUT2D eigenvalue weighted by atomic mass is 9.97. The maximum Gasteiger partial charge on any atom is 0.100 e. The Morgan fingerprint density at radius 3 is 2.94 bits per heavy atom. The summed E-state index contributed by atoms with van der Waals surface area (Å²) in [5.74, 6) is 0. The molecular weight excluding hydrogens is 288 g/mol. The monoisotopic (exact) mass is 306 g/mol. The molecule has 1 atom stereocenters. The molecule has 1 aliphatic heterocycles. The van der Waals surface area contributed by atoms with Crippen molar-refractivity contribution in [2.45, 2.75) is 45.1 Å². The van der Waals surface area contributed by atoms with E-state index in [0.717, 1.165) is 11.0 Å². The van der Waals surface area contributed by atoms with Gasteiger partial charge in [-0.25, -0.2) is 0 Å². The molecule has 96 valence electrons. The van der Waals surface area contributed by atoms with Crippen molar-refractivity contribution in [1.82, 2.24) is 0 Å². The Hall–Kier alpha value is -1.01.